The van der Waals surface area contributed by atoms with Gasteiger partial charge >= 0.3 is 0 Å². The minimum atomic E-state index is -0.248. The molecule has 0 saturated carbocycles. The van der Waals surface area contributed by atoms with Crippen LogP contribution in [0.15, 0.2) is 33.4 Å². The lowest BCUT2D eigenvalue weighted by atomic mass is 10.2. The van der Waals surface area contributed by atoms with E-state index in [0.29, 0.717) is 11.0 Å². The van der Waals surface area contributed by atoms with Gasteiger partial charge in [0.05, 0.1) is 17.3 Å². The molecule has 0 radical (unpaired) electrons. The quantitative estimate of drug-likeness (QED) is 0.908. The van der Waals surface area contributed by atoms with Gasteiger partial charge in [0, 0.05) is 5.69 Å². The van der Waals surface area contributed by atoms with E-state index in [4.69, 9.17) is 4.42 Å². The second kappa shape index (κ2) is 4.92. The molecule has 0 bridgehead atoms. The summed E-state index contributed by atoms with van der Waals surface area (Å²) in [4.78, 5) is 0. The van der Waals surface area contributed by atoms with Crippen LogP contribution in [0.1, 0.15) is 16.9 Å². The van der Waals surface area contributed by atoms with Crippen molar-refractivity contribution in [3.8, 4) is 0 Å². The van der Waals surface area contributed by atoms with Gasteiger partial charge in [-0.3, -0.25) is 0 Å². The molecule has 0 unspecified atom stereocenters. The first-order valence-corrected chi connectivity index (χ1v) is 6.09. The predicted molar refractivity (Wildman–Crippen MR) is 69.6 cm³/mol. The topological polar surface area (TPSA) is 25.2 Å². The average molecular weight is 298 g/mol. The zero-order chi connectivity index (χ0) is 12.4. The summed E-state index contributed by atoms with van der Waals surface area (Å²) in [5.41, 5.74) is 2.88. The Morgan fingerprint density at radius 2 is 2.06 bits per heavy atom. The van der Waals surface area contributed by atoms with Crippen LogP contribution in [0, 0.1) is 19.7 Å². The Morgan fingerprint density at radius 1 is 1.29 bits per heavy atom. The molecule has 2 rings (SSSR count). The molecule has 17 heavy (non-hydrogen) atoms. The first-order chi connectivity index (χ1) is 8.08. The Kier molecular flexibility index (Phi) is 3.52. The number of halogens is 2. The lowest BCUT2D eigenvalue weighted by Crippen LogP contribution is -2.01. The number of anilines is 1. The van der Waals surface area contributed by atoms with Crippen LogP contribution in [0.3, 0.4) is 0 Å². The van der Waals surface area contributed by atoms with Gasteiger partial charge in [-0.25, -0.2) is 4.39 Å². The number of furan rings is 1. The molecule has 1 N–H and O–H groups in total. The maximum atomic E-state index is 13.2. The third-order valence-electron chi connectivity index (χ3n) is 2.67. The highest BCUT2D eigenvalue weighted by Crippen LogP contribution is 2.25. The highest BCUT2D eigenvalue weighted by atomic mass is 79.9. The van der Waals surface area contributed by atoms with Crippen molar-refractivity contribution in [1.82, 2.24) is 0 Å². The van der Waals surface area contributed by atoms with Gasteiger partial charge in [0.15, 0.2) is 0 Å². The highest BCUT2D eigenvalue weighted by Gasteiger charge is 2.06. The minimum Gasteiger partial charge on any atom is -0.467 e. The van der Waals surface area contributed by atoms with Crippen molar-refractivity contribution < 1.29 is 8.81 Å². The van der Waals surface area contributed by atoms with E-state index in [2.05, 4.69) is 21.2 Å². The molecule has 0 atom stereocenters. The van der Waals surface area contributed by atoms with Gasteiger partial charge in [0.1, 0.15) is 11.6 Å². The van der Waals surface area contributed by atoms with E-state index in [1.165, 1.54) is 6.07 Å². The smallest absolute Gasteiger partial charge is 0.137 e. The SMILES string of the molecule is Cc1cc(F)c(Br)cc1NCc1occc1C. The van der Waals surface area contributed by atoms with Crippen LogP contribution in [0.25, 0.3) is 0 Å². The molecule has 4 heteroatoms. The third-order valence-corrected chi connectivity index (χ3v) is 3.28. The summed E-state index contributed by atoms with van der Waals surface area (Å²) in [5.74, 6) is 0.645. The maximum absolute atomic E-state index is 13.2. The lowest BCUT2D eigenvalue weighted by Gasteiger charge is -2.09. The number of benzene rings is 1. The molecular weight excluding hydrogens is 285 g/mol. The van der Waals surface area contributed by atoms with Crippen LogP contribution in [-0.2, 0) is 6.54 Å². The van der Waals surface area contributed by atoms with Crippen LogP contribution < -0.4 is 5.32 Å². The summed E-state index contributed by atoms with van der Waals surface area (Å²) >= 11 is 3.17. The molecule has 2 aromatic rings. The molecule has 1 aromatic heterocycles. The zero-order valence-electron chi connectivity index (χ0n) is 9.68. The number of rotatable bonds is 3. The molecule has 0 aliphatic heterocycles. The molecule has 1 aromatic carbocycles. The number of aryl methyl sites for hydroxylation is 2. The number of hydrogen-bond donors (Lipinski definition) is 1. The summed E-state index contributed by atoms with van der Waals surface area (Å²) < 4.78 is 19.0. The largest absolute Gasteiger partial charge is 0.467 e. The fourth-order valence-electron chi connectivity index (χ4n) is 1.60. The van der Waals surface area contributed by atoms with Crippen LogP contribution >= 0.6 is 15.9 Å². The molecule has 2 nitrogen and oxygen atoms in total. The van der Waals surface area contributed by atoms with Crippen molar-refractivity contribution in [2.45, 2.75) is 20.4 Å². The Labute approximate surface area is 108 Å². The molecule has 90 valence electrons. The first kappa shape index (κ1) is 12.2. The highest BCUT2D eigenvalue weighted by molar-refractivity contribution is 9.10. The molecule has 0 aliphatic carbocycles. The molecule has 0 amide bonds. The standard InChI is InChI=1S/C13H13BrFNO/c1-8-3-4-17-13(8)7-16-12-6-10(14)11(15)5-9(12)2/h3-6,16H,7H2,1-2H3. The average Bonchev–Trinajstić information content (AvgIpc) is 2.68. The van der Waals surface area contributed by atoms with E-state index >= 15 is 0 Å². The van der Waals surface area contributed by atoms with E-state index in [0.717, 1.165) is 22.6 Å². The summed E-state index contributed by atoms with van der Waals surface area (Å²) in [6, 6.07) is 5.16. The molecular formula is C13H13BrFNO. The van der Waals surface area contributed by atoms with Crippen molar-refractivity contribution in [2.24, 2.45) is 0 Å². The maximum Gasteiger partial charge on any atom is 0.137 e. The van der Waals surface area contributed by atoms with Gasteiger partial charge < -0.3 is 9.73 Å². The predicted octanol–water partition coefficient (Wildman–Crippen LogP) is 4.41. The summed E-state index contributed by atoms with van der Waals surface area (Å²) in [7, 11) is 0. The van der Waals surface area contributed by atoms with Gasteiger partial charge in [-0.15, -0.1) is 0 Å². The Hall–Kier alpha value is -1.29. The van der Waals surface area contributed by atoms with Crippen molar-refractivity contribution in [3.63, 3.8) is 0 Å². The molecule has 0 saturated heterocycles. The van der Waals surface area contributed by atoms with Gasteiger partial charge in [-0.05, 0) is 59.1 Å². The van der Waals surface area contributed by atoms with E-state index in [-0.39, 0.29) is 5.82 Å². The van der Waals surface area contributed by atoms with Crippen molar-refractivity contribution in [2.75, 3.05) is 5.32 Å². The molecule has 0 aliphatic rings. The van der Waals surface area contributed by atoms with Crippen LogP contribution in [-0.4, -0.2) is 0 Å². The summed E-state index contributed by atoms with van der Waals surface area (Å²) in [5, 5.41) is 3.23. The van der Waals surface area contributed by atoms with Crippen LogP contribution in [0.5, 0.6) is 0 Å². The third kappa shape index (κ3) is 2.69. The van der Waals surface area contributed by atoms with Gasteiger partial charge in [0.2, 0.25) is 0 Å². The Morgan fingerprint density at radius 3 is 2.71 bits per heavy atom. The van der Waals surface area contributed by atoms with Crippen molar-refractivity contribution >= 4 is 21.6 Å². The van der Waals surface area contributed by atoms with E-state index in [1.807, 2.05) is 19.9 Å². The fraction of sp³-hybridized carbons (Fsp3) is 0.231. The van der Waals surface area contributed by atoms with Crippen LogP contribution in [0.2, 0.25) is 0 Å². The summed E-state index contributed by atoms with van der Waals surface area (Å²) in [6.07, 6.45) is 1.67. The number of hydrogen-bond acceptors (Lipinski definition) is 2. The molecule has 1 heterocycles. The number of nitrogens with one attached hydrogen (secondary N) is 1. The Balaban J connectivity index is 2.14. The summed E-state index contributed by atoms with van der Waals surface area (Å²) in [6.45, 7) is 4.46. The van der Waals surface area contributed by atoms with Crippen molar-refractivity contribution in [3.05, 3.63) is 51.6 Å². The molecule has 0 spiro atoms. The van der Waals surface area contributed by atoms with E-state index in [9.17, 15) is 4.39 Å². The second-order valence-corrected chi connectivity index (χ2v) is 4.82. The van der Waals surface area contributed by atoms with Crippen LogP contribution in [0.4, 0.5) is 10.1 Å². The van der Waals surface area contributed by atoms with E-state index in [1.54, 1.807) is 12.3 Å². The van der Waals surface area contributed by atoms with Gasteiger partial charge in [-0.2, -0.15) is 0 Å². The zero-order valence-corrected chi connectivity index (χ0v) is 11.3. The van der Waals surface area contributed by atoms with Gasteiger partial charge in [-0.1, -0.05) is 0 Å². The first-order valence-electron chi connectivity index (χ1n) is 5.30. The second-order valence-electron chi connectivity index (χ2n) is 3.96. The monoisotopic (exact) mass is 297 g/mol. The minimum absolute atomic E-state index is 0.248. The lowest BCUT2D eigenvalue weighted by molar-refractivity contribution is 0.515. The normalized spacial score (nSPS) is 10.6. The fourth-order valence-corrected chi connectivity index (χ4v) is 1.94. The molecule has 0 fully saturated rings. The van der Waals surface area contributed by atoms with E-state index < -0.39 is 0 Å². The Bertz CT molecular complexity index is 536. The van der Waals surface area contributed by atoms with Crippen molar-refractivity contribution in [1.29, 1.82) is 0 Å². The van der Waals surface area contributed by atoms with Gasteiger partial charge in [0.25, 0.3) is 0 Å².